The molecule has 0 aliphatic heterocycles. The Labute approximate surface area is 104 Å². The number of hydrogen-bond acceptors (Lipinski definition) is 1. The predicted octanol–water partition coefficient (Wildman–Crippen LogP) is 3.82. The monoisotopic (exact) mass is 228 g/mol. The summed E-state index contributed by atoms with van der Waals surface area (Å²) in [6.07, 6.45) is 1.56. The molecular weight excluding hydrogens is 208 g/mol. The van der Waals surface area contributed by atoms with E-state index in [0.717, 1.165) is 6.42 Å². The molecule has 2 rings (SSSR count). The van der Waals surface area contributed by atoms with Crippen LogP contribution in [-0.2, 0) is 16.6 Å². The van der Waals surface area contributed by atoms with Gasteiger partial charge in [-0.2, -0.15) is 0 Å². The van der Waals surface area contributed by atoms with Gasteiger partial charge in [-0.15, -0.1) is 0 Å². The Kier molecular flexibility index (Phi) is 2.94. The van der Waals surface area contributed by atoms with E-state index in [1.807, 2.05) is 19.9 Å². The van der Waals surface area contributed by atoms with Gasteiger partial charge in [-0.1, -0.05) is 35.4 Å². The maximum Gasteiger partial charge on any atom is 0.146 e. The van der Waals surface area contributed by atoms with Crippen molar-refractivity contribution in [2.45, 2.75) is 46.0 Å². The van der Waals surface area contributed by atoms with E-state index in [-0.39, 0.29) is 5.41 Å². The topological polar surface area (TPSA) is 17.1 Å². The average Bonchev–Trinajstić information content (AvgIpc) is 2.28. The van der Waals surface area contributed by atoms with Crippen LogP contribution in [0.1, 0.15) is 45.2 Å². The normalized spacial score (nSPS) is 23.9. The van der Waals surface area contributed by atoms with Crippen LogP contribution in [0.25, 0.3) is 0 Å². The molecule has 0 aromatic heterocycles. The fourth-order valence-electron chi connectivity index (χ4n) is 2.48. The summed E-state index contributed by atoms with van der Waals surface area (Å²) in [7, 11) is 0. The van der Waals surface area contributed by atoms with Crippen molar-refractivity contribution in [1.82, 2.24) is 0 Å². The minimum atomic E-state index is -0.363. The molecule has 0 bridgehead atoms. The first-order valence-electron chi connectivity index (χ1n) is 6.20. The second kappa shape index (κ2) is 4.14. The average molecular weight is 228 g/mol. The van der Waals surface area contributed by atoms with E-state index in [4.69, 9.17) is 0 Å². The molecule has 0 saturated carbocycles. The third kappa shape index (κ3) is 2.06. The number of carbonyl (C=O) groups is 1. The zero-order valence-corrected chi connectivity index (χ0v) is 11.1. The van der Waals surface area contributed by atoms with E-state index in [2.05, 4.69) is 32.0 Å². The summed E-state index contributed by atoms with van der Waals surface area (Å²) in [5.74, 6) is 0.321. The number of benzene rings is 1. The van der Waals surface area contributed by atoms with E-state index in [1.54, 1.807) is 0 Å². The molecule has 0 unspecified atom stereocenters. The van der Waals surface area contributed by atoms with E-state index in [9.17, 15) is 4.79 Å². The molecule has 17 heavy (non-hydrogen) atoms. The van der Waals surface area contributed by atoms with Crippen LogP contribution in [-0.4, -0.2) is 5.78 Å². The lowest BCUT2D eigenvalue weighted by molar-refractivity contribution is -0.122. The summed E-state index contributed by atoms with van der Waals surface area (Å²) in [6, 6.07) is 8.33. The van der Waals surface area contributed by atoms with Gasteiger partial charge in [-0.05, 0) is 45.2 Å². The molecule has 0 saturated heterocycles. The highest BCUT2D eigenvalue weighted by molar-refractivity contribution is 5.91. The van der Waals surface area contributed by atoms with Crippen molar-refractivity contribution in [3.63, 3.8) is 0 Å². The Morgan fingerprint density at radius 3 is 2.29 bits per heavy atom. The molecular formula is C16H20O. The van der Waals surface area contributed by atoms with Crippen LogP contribution in [0.15, 0.2) is 35.4 Å². The summed E-state index contributed by atoms with van der Waals surface area (Å²) >= 11 is 0. The smallest absolute Gasteiger partial charge is 0.146 e. The van der Waals surface area contributed by atoms with Gasteiger partial charge in [0, 0.05) is 11.8 Å². The molecule has 90 valence electrons. The van der Waals surface area contributed by atoms with E-state index in [0.29, 0.717) is 12.2 Å². The van der Waals surface area contributed by atoms with E-state index in [1.165, 1.54) is 22.3 Å². The Morgan fingerprint density at radius 2 is 1.59 bits per heavy atom. The van der Waals surface area contributed by atoms with Gasteiger partial charge in [-0.25, -0.2) is 0 Å². The lowest BCUT2D eigenvalue weighted by atomic mass is 9.73. The highest BCUT2D eigenvalue weighted by Gasteiger charge is 2.32. The summed E-state index contributed by atoms with van der Waals surface area (Å²) in [6.45, 7) is 8.30. The van der Waals surface area contributed by atoms with Gasteiger partial charge in [0.1, 0.15) is 5.78 Å². The van der Waals surface area contributed by atoms with Gasteiger partial charge in [0.25, 0.3) is 0 Å². The Balaban J connectivity index is 2.63. The van der Waals surface area contributed by atoms with Gasteiger partial charge in [-0.3, -0.25) is 4.79 Å². The Hall–Kier alpha value is -1.37. The SMILES string of the molecule is C/C1=C(\C)Cc2ccccc2C(C)(C)C(=O)C1. The van der Waals surface area contributed by atoms with Gasteiger partial charge >= 0.3 is 0 Å². The molecule has 0 heterocycles. The van der Waals surface area contributed by atoms with Gasteiger partial charge in [0.2, 0.25) is 0 Å². The molecule has 1 heteroatoms. The zero-order chi connectivity index (χ0) is 12.6. The number of ketones is 1. The fourth-order valence-corrected chi connectivity index (χ4v) is 2.48. The van der Waals surface area contributed by atoms with Crippen molar-refractivity contribution in [1.29, 1.82) is 0 Å². The van der Waals surface area contributed by atoms with Crippen LogP contribution in [0, 0.1) is 0 Å². The van der Waals surface area contributed by atoms with Crippen LogP contribution < -0.4 is 0 Å². The Morgan fingerprint density at radius 1 is 1.00 bits per heavy atom. The van der Waals surface area contributed by atoms with Crippen molar-refractivity contribution in [3.8, 4) is 0 Å². The molecule has 0 amide bonds. The van der Waals surface area contributed by atoms with E-state index < -0.39 is 0 Å². The first kappa shape index (κ1) is 12.1. The zero-order valence-electron chi connectivity index (χ0n) is 11.1. The first-order valence-corrected chi connectivity index (χ1v) is 6.20. The highest BCUT2D eigenvalue weighted by Crippen LogP contribution is 2.33. The number of rotatable bonds is 0. The lowest BCUT2D eigenvalue weighted by Crippen LogP contribution is -2.31. The number of carbonyl (C=O) groups excluding carboxylic acids is 1. The summed E-state index contributed by atoms with van der Waals surface area (Å²) in [4.78, 5) is 12.4. The second-order valence-electron chi connectivity index (χ2n) is 5.62. The molecule has 1 nitrogen and oxygen atoms in total. The molecule has 1 aromatic carbocycles. The van der Waals surface area contributed by atoms with Crippen molar-refractivity contribution in [2.75, 3.05) is 0 Å². The number of Topliss-reactive ketones (excluding diaryl/α,β-unsaturated/α-hetero) is 1. The van der Waals surface area contributed by atoms with Crippen LogP contribution >= 0.6 is 0 Å². The standard InChI is InChI=1S/C16H20O/c1-11-9-13-7-5-6-8-14(13)16(3,4)15(17)10-12(11)2/h5-8H,9-10H2,1-4H3/b12-11-. The number of hydrogen-bond donors (Lipinski definition) is 0. The fraction of sp³-hybridized carbons (Fsp3) is 0.438. The van der Waals surface area contributed by atoms with Crippen molar-refractivity contribution in [2.24, 2.45) is 0 Å². The highest BCUT2D eigenvalue weighted by atomic mass is 16.1. The molecule has 1 aliphatic rings. The van der Waals surface area contributed by atoms with Gasteiger partial charge in [0.15, 0.2) is 0 Å². The maximum atomic E-state index is 12.4. The van der Waals surface area contributed by atoms with E-state index >= 15 is 0 Å². The Bertz CT molecular complexity index is 492. The number of allylic oxidation sites excluding steroid dienone is 2. The minimum absolute atomic E-state index is 0.321. The minimum Gasteiger partial charge on any atom is -0.298 e. The van der Waals surface area contributed by atoms with Crippen LogP contribution in [0.3, 0.4) is 0 Å². The second-order valence-corrected chi connectivity index (χ2v) is 5.62. The molecule has 1 aromatic rings. The quantitative estimate of drug-likeness (QED) is 0.617. The summed E-state index contributed by atoms with van der Waals surface area (Å²) < 4.78 is 0. The molecule has 0 fully saturated rings. The van der Waals surface area contributed by atoms with Crippen molar-refractivity contribution in [3.05, 3.63) is 46.5 Å². The molecule has 0 atom stereocenters. The molecule has 0 N–H and O–H groups in total. The van der Waals surface area contributed by atoms with Crippen molar-refractivity contribution >= 4 is 5.78 Å². The molecule has 0 spiro atoms. The number of fused-ring (bicyclic) bond motifs is 1. The predicted molar refractivity (Wildman–Crippen MR) is 71.2 cm³/mol. The summed E-state index contributed by atoms with van der Waals surface area (Å²) in [5, 5.41) is 0. The van der Waals surface area contributed by atoms with Gasteiger partial charge in [0.05, 0.1) is 0 Å². The van der Waals surface area contributed by atoms with Crippen LogP contribution in [0.5, 0.6) is 0 Å². The summed E-state index contributed by atoms with van der Waals surface area (Å²) in [5.41, 5.74) is 4.69. The first-order chi connectivity index (χ1) is 7.93. The van der Waals surface area contributed by atoms with Crippen LogP contribution in [0.2, 0.25) is 0 Å². The third-order valence-corrected chi connectivity index (χ3v) is 4.00. The molecule has 1 aliphatic carbocycles. The molecule has 0 radical (unpaired) electrons. The van der Waals surface area contributed by atoms with Gasteiger partial charge < -0.3 is 0 Å². The van der Waals surface area contributed by atoms with Crippen LogP contribution in [0.4, 0.5) is 0 Å². The van der Waals surface area contributed by atoms with Crippen molar-refractivity contribution < 1.29 is 4.79 Å². The largest absolute Gasteiger partial charge is 0.298 e. The third-order valence-electron chi connectivity index (χ3n) is 4.00. The lowest BCUT2D eigenvalue weighted by Gasteiger charge is -2.29. The maximum absolute atomic E-state index is 12.4.